The molecule has 0 spiro atoms. The summed E-state index contributed by atoms with van der Waals surface area (Å²) in [5.41, 5.74) is 5.92. The molecule has 5 nitrogen and oxygen atoms in total. The van der Waals surface area contributed by atoms with E-state index in [0.29, 0.717) is 23.9 Å². The first-order chi connectivity index (χ1) is 11.4. The van der Waals surface area contributed by atoms with Crippen molar-refractivity contribution >= 4 is 16.9 Å². The van der Waals surface area contributed by atoms with Gasteiger partial charge in [0, 0.05) is 6.54 Å². The van der Waals surface area contributed by atoms with Crippen LogP contribution in [0.4, 0.5) is 8.78 Å². The third kappa shape index (κ3) is 3.13. The second-order valence-electron chi connectivity index (χ2n) is 5.99. The lowest BCUT2D eigenvalue weighted by atomic mass is 9.81. The standard InChI is InChI=1S/C17H24F2N4O/c1-4-17(5-2,10-20)15(24)21-11(3)14-22-12-8-6-7-9-13(12)23(14)16(18)19/h6-9,11,16H,4-5,10,20H2,1-3H3,(H,21,24). The molecule has 0 saturated heterocycles. The summed E-state index contributed by atoms with van der Waals surface area (Å²) >= 11 is 0. The van der Waals surface area contributed by atoms with E-state index in [9.17, 15) is 13.6 Å². The highest BCUT2D eigenvalue weighted by atomic mass is 19.3. The lowest BCUT2D eigenvalue weighted by molar-refractivity contribution is -0.131. The van der Waals surface area contributed by atoms with Crippen LogP contribution in [0.1, 0.15) is 52.0 Å². The number of imidazole rings is 1. The van der Waals surface area contributed by atoms with Gasteiger partial charge in [0.05, 0.1) is 22.5 Å². The summed E-state index contributed by atoms with van der Waals surface area (Å²) in [6.45, 7) is 2.93. The Bertz CT molecular complexity index is 701. The molecule has 0 saturated carbocycles. The number of alkyl halides is 2. The monoisotopic (exact) mass is 338 g/mol. The number of aromatic nitrogens is 2. The number of rotatable bonds is 7. The van der Waals surface area contributed by atoms with E-state index >= 15 is 0 Å². The van der Waals surface area contributed by atoms with Crippen LogP contribution in [0.2, 0.25) is 0 Å². The zero-order chi connectivity index (χ0) is 17.9. The minimum absolute atomic E-state index is 0.137. The maximum Gasteiger partial charge on any atom is 0.320 e. The van der Waals surface area contributed by atoms with Crippen molar-refractivity contribution in [2.24, 2.45) is 11.1 Å². The van der Waals surface area contributed by atoms with E-state index < -0.39 is 18.0 Å². The topological polar surface area (TPSA) is 72.9 Å². The van der Waals surface area contributed by atoms with Crippen molar-refractivity contribution in [3.05, 3.63) is 30.1 Å². The van der Waals surface area contributed by atoms with Crippen molar-refractivity contribution in [1.82, 2.24) is 14.9 Å². The molecule has 1 aromatic heterocycles. The largest absolute Gasteiger partial charge is 0.346 e. The SMILES string of the molecule is CCC(CC)(CN)C(=O)NC(C)c1nc2ccccc2n1C(F)F. The van der Waals surface area contributed by atoms with Gasteiger partial charge >= 0.3 is 6.55 Å². The molecule has 2 rings (SSSR count). The summed E-state index contributed by atoms with van der Waals surface area (Å²) < 4.78 is 27.9. The third-order valence-corrected chi connectivity index (χ3v) is 4.78. The van der Waals surface area contributed by atoms with Gasteiger partial charge < -0.3 is 11.1 Å². The molecular weight excluding hydrogens is 314 g/mol. The molecule has 0 fully saturated rings. The van der Waals surface area contributed by atoms with E-state index in [4.69, 9.17) is 5.73 Å². The van der Waals surface area contributed by atoms with Crippen molar-refractivity contribution in [2.75, 3.05) is 6.54 Å². The van der Waals surface area contributed by atoms with Crippen LogP contribution in [-0.4, -0.2) is 22.0 Å². The van der Waals surface area contributed by atoms with E-state index in [0.717, 1.165) is 4.57 Å². The number of hydrogen-bond acceptors (Lipinski definition) is 3. The number of carbonyl (C=O) groups excluding carboxylic acids is 1. The number of para-hydroxylation sites is 2. The number of fused-ring (bicyclic) bond motifs is 1. The van der Waals surface area contributed by atoms with Gasteiger partial charge in [-0.05, 0) is 31.9 Å². The van der Waals surface area contributed by atoms with Crippen LogP contribution in [-0.2, 0) is 4.79 Å². The second kappa shape index (κ2) is 7.25. The van der Waals surface area contributed by atoms with Crippen LogP contribution in [0.5, 0.6) is 0 Å². The number of nitrogens with zero attached hydrogens (tertiary/aromatic N) is 2. The third-order valence-electron chi connectivity index (χ3n) is 4.78. The molecule has 0 aliphatic carbocycles. The fourth-order valence-corrected chi connectivity index (χ4v) is 2.94. The van der Waals surface area contributed by atoms with E-state index in [-0.39, 0.29) is 18.3 Å². The Hall–Kier alpha value is -2.02. The first-order valence-electron chi connectivity index (χ1n) is 8.16. The smallest absolute Gasteiger partial charge is 0.320 e. The number of hydrogen-bond donors (Lipinski definition) is 2. The number of nitrogens with two attached hydrogens (primary N) is 1. The van der Waals surface area contributed by atoms with Crippen molar-refractivity contribution < 1.29 is 13.6 Å². The van der Waals surface area contributed by atoms with Gasteiger partial charge in [-0.25, -0.2) is 4.98 Å². The van der Waals surface area contributed by atoms with Crippen molar-refractivity contribution in [3.63, 3.8) is 0 Å². The summed E-state index contributed by atoms with van der Waals surface area (Å²) in [6, 6.07) is 6.04. The van der Waals surface area contributed by atoms with Crippen LogP contribution in [0.3, 0.4) is 0 Å². The van der Waals surface area contributed by atoms with Gasteiger partial charge in [-0.3, -0.25) is 9.36 Å². The highest BCUT2D eigenvalue weighted by molar-refractivity contribution is 5.83. The highest BCUT2D eigenvalue weighted by Gasteiger charge is 2.35. The minimum Gasteiger partial charge on any atom is -0.346 e. The molecule has 1 atom stereocenters. The lowest BCUT2D eigenvalue weighted by Crippen LogP contribution is -2.46. The predicted molar refractivity (Wildman–Crippen MR) is 89.6 cm³/mol. The van der Waals surface area contributed by atoms with E-state index in [1.54, 1.807) is 31.2 Å². The van der Waals surface area contributed by atoms with Gasteiger partial charge in [0.2, 0.25) is 5.91 Å². The summed E-state index contributed by atoms with van der Waals surface area (Å²) in [6.07, 6.45) is 1.17. The van der Waals surface area contributed by atoms with Gasteiger partial charge in [0.1, 0.15) is 5.82 Å². The molecule has 24 heavy (non-hydrogen) atoms. The number of halogens is 2. The van der Waals surface area contributed by atoms with Gasteiger partial charge in [-0.15, -0.1) is 0 Å². The fourth-order valence-electron chi connectivity index (χ4n) is 2.94. The Morgan fingerprint density at radius 1 is 1.33 bits per heavy atom. The van der Waals surface area contributed by atoms with Gasteiger partial charge in [0.15, 0.2) is 0 Å². The van der Waals surface area contributed by atoms with E-state index in [1.165, 1.54) is 0 Å². The Kier molecular flexibility index (Phi) is 5.54. The number of nitrogens with one attached hydrogen (secondary N) is 1. The minimum atomic E-state index is -2.73. The van der Waals surface area contributed by atoms with Gasteiger partial charge in [0.25, 0.3) is 0 Å². The number of benzene rings is 1. The Balaban J connectivity index is 2.36. The highest BCUT2D eigenvalue weighted by Crippen LogP contribution is 2.29. The number of amides is 1. The van der Waals surface area contributed by atoms with Crippen molar-refractivity contribution in [2.45, 2.75) is 46.2 Å². The molecule has 0 aliphatic rings. The molecule has 0 radical (unpaired) electrons. The summed E-state index contributed by atoms with van der Waals surface area (Å²) in [5, 5.41) is 2.81. The van der Waals surface area contributed by atoms with E-state index in [2.05, 4.69) is 10.3 Å². The quantitative estimate of drug-likeness (QED) is 0.813. The summed E-state index contributed by atoms with van der Waals surface area (Å²) in [7, 11) is 0. The normalized spacial score (nSPS) is 13.5. The van der Waals surface area contributed by atoms with E-state index in [1.807, 2.05) is 13.8 Å². The lowest BCUT2D eigenvalue weighted by Gasteiger charge is -2.30. The fraction of sp³-hybridized carbons (Fsp3) is 0.529. The molecule has 3 N–H and O–H groups in total. The molecule has 0 aliphatic heterocycles. The molecule has 1 unspecified atom stereocenters. The summed E-state index contributed by atoms with van der Waals surface area (Å²) in [4.78, 5) is 16.9. The molecular formula is C17H24F2N4O. The Labute approximate surface area is 140 Å². The zero-order valence-corrected chi connectivity index (χ0v) is 14.2. The average Bonchev–Trinajstić information content (AvgIpc) is 2.96. The van der Waals surface area contributed by atoms with Crippen LogP contribution in [0.15, 0.2) is 24.3 Å². The zero-order valence-electron chi connectivity index (χ0n) is 14.2. The van der Waals surface area contributed by atoms with Crippen molar-refractivity contribution in [1.29, 1.82) is 0 Å². The molecule has 1 amide bonds. The maximum atomic E-state index is 13.5. The first kappa shape index (κ1) is 18.3. The van der Waals surface area contributed by atoms with Crippen LogP contribution < -0.4 is 11.1 Å². The number of carbonyl (C=O) groups is 1. The van der Waals surface area contributed by atoms with Crippen LogP contribution in [0.25, 0.3) is 11.0 Å². The Morgan fingerprint density at radius 2 is 1.96 bits per heavy atom. The van der Waals surface area contributed by atoms with Crippen LogP contribution >= 0.6 is 0 Å². The summed E-state index contributed by atoms with van der Waals surface area (Å²) in [5.74, 6) is -0.0898. The molecule has 1 aromatic carbocycles. The van der Waals surface area contributed by atoms with Crippen LogP contribution in [0, 0.1) is 5.41 Å². The molecule has 7 heteroatoms. The molecule has 0 bridgehead atoms. The average molecular weight is 338 g/mol. The maximum absolute atomic E-state index is 13.5. The molecule has 2 aromatic rings. The first-order valence-corrected chi connectivity index (χ1v) is 8.16. The second-order valence-corrected chi connectivity index (χ2v) is 5.99. The molecule has 132 valence electrons. The van der Waals surface area contributed by atoms with Gasteiger partial charge in [-0.2, -0.15) is 8.78 Å². The van der Waals surface area contributed by atoms with Gasteiger partial charge in [-0.1, -0.05) is 26.0 Å². The Morgan fingerprint density at radius 3 is 2.50 bits per heavy atom. The molecule has 1 heterocycles. The predicted octanol–water partition coefficient (Wildman–Crippen LogP) is 3.37. The van der Waals surface area contributed by atoms with Crippen molar-refractivity contribution in [3.8, 4) is 0 Å².